The van der Waals surface area contributed by atoms with Gasteiger partial charge in [0.25, 0.3) is 5.88 Å². The molecule has 0 amide bonds. The number of nitrogens with zero attached hydrogens (tertiary/aromatic N) is 1. The second kappa shape index (κ2) is 4.65. The van der Waals surface area contributed by atoms with E-state index in [0.29, 0.717) is 18.2 Å². The summed E-state index contributed by atoms with van der Waals surface area (Å²) in [6.45, 7) is 2.31. The first-order valence-electron chi connectivity index (χ1n) is 4.90. The fraction of sp³-hybridized carbons (Fsp3) is 0.273. The molecule has 0 saturated carbocycles. The zero-order valence-corrected chi connectivity index (χ0v) is 8.80. The van der Waals surface area contributed by atoms with E-state index in [1.54, 1.807) is 25.3 Å². The lowest BCUT2D eigenvalue weighted by molar-refractivity contribution is -0.137. The van der Waals surface area contributed by atoms with Gasteiger partial charge in [-0.3, -0.25) is 0 Å². The molecule has 1 aliphatic rings. The molecule has 0 fully saturated rings. The standard InChI is InChI=1S/C11H11NO4/c1-2-14-10(13)4-3-8-5-9-11(12-6-8)16-7-15-9/h3-6H,2,7H2,1H3/b4-3+. The van der Waals surface area contributed by atoms with Gasteiger partial charge in [0.2, 0.25) is 6.79 Å². The van der Waals surface area contributed by atoms with Gasteiger partial charge in [-0.15, -0.1) is 0 Å². The minimum atomic E-state index is -0.375. The highest BCUT2D eigenvalue weighted by molar-refractivity contribution is 5.87. The highest BCUT2D eigenvalue weighted by atomic mass is 16.7. The average molecular weight is 221 g/mol. The topological polar surface area (TPSA) is 57.7 Å². The molecule has 2 rings (SSSR count). The van der Waals surface area contributed by atoms with Crippen molar-refractivity contribution >= 4 is 12.0 Å². The minimum absolute atomic E-state index is 0.188. The smallest absolute Gasteiger partial charge is 0.330 e. The van der Waals surface area contributed by atoms with Crippen molar-refractivity contribution in [3.05, 3.63) is 23.9 Å². The predicted molar refractivity (Wildman–Crippen MR) is 56.0 cm³/mol. The monoisotopic (exact) mass is 221 g/mol. The highest BCUT2D eigenvalue weighted by Gasteiger charge is 2.14. The molecule has 1 aliphatic heterocycles. The van der Waals surface area contributed by atoms with Crippen LogP contribution in [0, 0.1) is 0 Å². The van der Waals surface area contributed by atoms with Crippen LogP contribution in [0.25, 0.3) is 6.08 Å². The number of esters is 1. The fourth-order valence-electron chi connectivity index (χ4n) is 1.25. The van der Waals surface area contributed by atoms with Crippen LogP contribution >= 0.6 is 0 Å². The summed E-state index contributed by atoms with van der Waals surface area (Å²) in [5, 5.41) is 0. The molecule has 0 saturated heterocycles. The maximum absolute atomic E-state index is 11.1. The maximum atomic E-state index is 11.1. The molecule has 0 unspecified atom stereocenters. The Labute approximate surface area is 92.6 Å². The molecule has 0 N–H and O–H groups in total. The van der Waals surface area contributed by atoms with Crippen molar-refractivity contribution in [2.24, 2.45) is 0 Å². The summed E-state index contributed by atoms with van der Waals surface area (Å²) in [7, 11) is 0. The second-order valence-corrected chi connectivity index (χ2v) is 3.06. The Morgan fingerprint density at radius 3 is 3.31 bits per heavy atom. The first kappa shape index (κ1) is 10.5. The summed E-state index contributed by atoms with van der Waals surface area (Å²) in [4.78, 5) is 15.1. The van der Waals surface area contributed by atoms with Gasteiger partial charge in [-0.25, -0.2) is 9.78 Å². The summed E-state index contributed by atoms with van der Waals surface area (Å²) < 4.78 is 15.0. The van der Waals surface area contributed by atoms with Gasteiger partial charge in [0.15, 0.2) is 5.75 Å². The third kappa shape index (κ3) is 2.31. The molecule has 5 nitrogen and oxygen atoms in total. The molecule has 5 heteroatoms. The van der Waals surface area contributed by atoms with Crippen molar-refractivity contribution < 1.29 is 19.0 Å². The van der Waals surface area contributed by atoms with Crippen LogP contribution in [0.4, 0.5) is 0 Å². The van der Waals surface area contributed by atoms with Crippen LogP contribution in [0.3, 0.4) is 0 Å². The van der Waals surface area contributed by atoms with Crippen molar-refractivity contribution in [3.63, 3.8) is 0 Å². The molecular formula is C11H11NO4. The Balaban J connectivity index is 2.08. The number of pyridine rings is 1. The highest BCUT2D eigenvalue weighted by Crippen LogP contribution is 2.29. The van der Waals surface area contributed by atoms with Gasteiger partial charge in [0.05, 0.1) is 6.61 Å². The summed E-state index contributed by atoms with van der Waals surface area (Å²) in [5.41, 5.74) is 0.761. The number of carbonyl (C=O) groups excluding carboxylic acids is 1. The number of rotatable bonds is 3. The number of aromatic nitrogens is 1. The molecule has 0 bridgehead atoms. The molecule has 1 aromatic rings. The largest absolute Gasteiger partial charge is 0.463 e. The second-order valence-electron chi connectivity index (χ2n) is 3.06. The quantitative estimate of drug-likeness (QED) is 0.570. The van der Waals surface area contributed by atoms with Crippen LogP contribution in [0.5, 0.6) is 11.6 Å². The van der Waals surface area contributed by atoms with Crippen molar-refractivity contribution in [1.82, 2.24) is 4.98 Å². The van der Waals surface area contributed by atoms with Crippen molar-refractivity contribution in [3.8, 4) is 11.6 Å². The van der Waals surface area contributed by atoms with Gasteiger partial charge in [-0.1, -0.05) is 0 Å². The van der Waals surface area contributed by atoms with Crippen LogP contribution in [-0.4, -0.2) is 24.4 Å². The molecule has 1 aromatic heterocycles. The lowest BCUT2D eigenvalue weighted by Gasteiger charge is -1.97. The van der Waals surface area contributed by atoms with Crippen LogP contribution < -0.4 is 9.47 Å². The van der Waals surface area contributed by atoms with Gasteiger partial charge >= 0.3 is 5.97 Å². The minimum Gasteiger partial charge on any atom is -0.463 e. The van der Waals surface area contributed by atoms with E-state index in [4.69, 9.17) is 14.2 Å². The van der Waals surface area contributed by atoms with E-state index >= 15 is 0 Å². The average Bonchev–Trinajstić information content (AvgIpc) is 2.74. The van der Waals surface area contributed by atoms with E-state index in [1.807, 2.05) is 0 Å². The molecule has 0 aromatic carbocycles. The number of carbonyl (C=O) groups is 1. The number of hydrogen-bond donors (Lipinski definition) is 0. The molecule has 0 spiro atoms. The number of ether oxygens (including phenoxy) is 3. The molecule has 0 aliphatic carbocycles. The van der Waals surface area contributed by atoms with Crippen molar-refractivity contribution in [2.45, 2.75) is 6.92 Å². The molecule has 84 valence electrons. The molecule has 0 radical (unpaired) electrons. The van der Waals surface area contributed by atoms with E-state index in [2.05, 4.69) is 4.98 Å². The lowest BCUT2D eigenvalue weighted by Crippen LogP contribution is -1.98. The van der Waals surface area contributed by atoms with Crippen molar-refractivity contribution in [1.29, 1.82) is 0 Å². The molecular weight excluding hydrogens is 210 g/mol. The SMILES string of the molecule is CCOC(=O)/C=C/c1cnc2c(c1)OCO2. The summed E-state index contributed by atoms with van der Waals surface area (Å²) >= 11 is 0. The maximum Gasteiger partial charge on any atom is 0.330 e. The third-order valence-electron chi connectivity index (χ3n) is 1.95. The molecule has 2 heterocycles. The number of fused-ring (bicyclic) bond motifs is 1. The summed E-state index contributed by atoms with van der Waals surface area (Å²) in [6.07, 6.45) is 4.57. The van der Waals surface area contributed by atoms with Gasteiger partial charge in [-0.05, 0) is 24.6 Å². The first-order valence-corrected chi connectivity index (χ1v) is 4.90. The van der Waals surface area contributed by atoms with E-state index in [1.165, 1.54) is 6.08 Å². The van der Waals surface area contributed by atoms with E-state index in [0.717, 1.165) is 5.56 Å². The van der Waals surface area contributed by atoms with Gasteiger partial charge in [-0.2, -0.15) is 0 Å². The van der Waals surface area contributed by atoms with E-state index in [-0.39, 0.29) is 12.8 Å². The van der Waals surface area contributed by atoms with Crippen LogP contribution in [0.15, 0.2) is 18.3 Å². The number of hydrogen-bond acceptors (Lipinski definition) is 5. The normalized spacial score (nSPS) is 13.1. The Kier molecular flexibility index (Phi) is 3.05. The van der Waals surface area contributed by atoms with Crippen LogP contribution in [-0.2, 0) is 9.53 Å². The van der Waals surface area contributed by atoms with Crippen LogP contribution in [0.1, 0.15) is 12.5 Å². The third-order valence-corrected chi connectivity index (χ3v) is 1.95. The summed E-state index contributed by atoms with van der Waals surface area (Å²) in [6, 6.07) is 1.76. The predicted octanol–water partition coefficient (Wildman–Crippen LogP) is 1.39. The van der Waals surface area contributed by atoms with Gasteiger partial charge in [0, 0.05) is 12.3 Å². The Hall–Kier alpha value is -2.04. The Morgan fingerprint density at radius 1 is 1.62 bits per heavy atom. The summed E-state index contributed by atoms with van der Waals surface area (Å²) in [5.74, 6) is 0.694. The Morgan fingerprint density at radius 2 is 2.50 bits per heavy atom. The zero-order valence-electron chi connectivity index (χ0n) is 8.80. The van der Waals surface area contributed by atoms with E-state index in [9.17, 15) is 4.79 Å². The van der Waals surface area contributed by atoms with E-state index < -0.39 is 0 Å². The fourth-order valence-corrected chi connectivity index (χ4v) is 1.25. The van der Waals surface area contributed by atoms with Gasteiger partial charge in [0.1, 0.15) is 0 Å². The lowest BCUT2D eigenvalue weighted by atomic mass is 10.2. The Bertz CT molecular complexity index is 428. The van der Waals surface area contributed by atoms with Gasteiger partial charge < -0.3 is 14.2 Å². The first-order chi connectivity index (χ1) is 7.79. The molecule has 16 heavy (non-hydrogen) atoms. The molecule has 0 atom stereocenters. The van der Waals surface area contributed by atoms with Crippen molar-refractivity contribution in [2.75, 3.05) is 13.4 Å². The zero-order chi connectivity index (χ0) is 11.4. The van der Waals surface area contributed by atoms with Crippen LogP contribution in [0.2, 0.25) is 0 Å².